The van der Waals surface area contributed by atoms with Crippen molar-refractivity contribution in [2.24, 2.45) is 0 Å². The minimum Gasteiger partial charge on any atom is -0.353 e. The highest BCUT2D eigenvalue weighted by Crippen LogP contribution is 2.04. The van der Waals surface area contributed by atoms with Crippen molar-refractivity contribution in [2.75, 3.05) is 6.54 Å². The smallest absolute Gasteiger partial charge is 0.243 e. The summed E-state index contributed by atoms with van der Waals surface area (Å²) in [4.78, 5) is 11.6. The van der Waals surface area contributed by atoms with Gasteiger partial charge in [0, 0.05) is 12.6 Å². The van der Waals surface area contributed by atoms with Crippen molar-refractivity contribution in [1.82, 2.24) is 5.32 Å². The second kappa shape index (κ2) is 10.4. The van der Waals surface area contributed by atoms with E-state index in [9.17, 15) is 4.79 Å². The molecule has 0 saturated carbocycles. The van der Waals surface area contributed by atoms with Crippen LogP contribution in [0.2, 0.25) is 0 Å². The Morgan fingerprint density at radius 1 is 1.05 bits per heavy atom. The van der Waals surface area contributed by atoms with Gasteiger partial charge in [0.2, 0.25) is 5.91 Å². The van der Waals surface area contributed by atoms with Crippen LogP contribution in [-0.2, 0) is 4.79 Å². The molecule has 0 aliphatic heterocycles. The first-order valence-electron chi connectivity index (χ1n) is 7.34. The molecule has 0 atom stereocenters. The van der Waals surface area contributed by atoms with Crippen molar-refractivity contribution in [3.63, 3.8) is 0 Å². The van der Waals surface area contributed by atoms with E-state index in [4.69, 9.17) is 0 Å². The minimum atomic E-state index is -0.00240. The largest absolute Gasteiger partial charge is 0.353 e. The van der Waals surface area contributed by atoms with E-state index in [1.165, 1.54) is 32.1 Å². The van der Waals surface area contributed by atoms with Crippen molar-refractivity contribution < 1.29 is 4.79 Å². The van der Waals surface area contributed by atoms with Crippen LogP contribution in [0.15, 0.2) is 36.4 Å². The van der Waals surface area contributed by atoms with Gasteiger partial charge in [0.05, 0.1) is 0 Å². The molecule has 2 nitrogen and oxygen atoms in total. The summed E-state index contributed by atoms with van der Waals surface area (Å²) >= 11 is 0. The molecular weight excluding hydrogens is 234 g/mol. The van der Waals surface area contributed by atoms with Crippen molar-refractivity contribution >= 4 is 12.0 Å². The zero-order valence-electron chi connectivity index (χ0n) is 11.9. The second-order valence-electron chi connectivity index (χ2n) is 4.80. The SMILES string of the molecule is CCCCCCCCNC(=O)C=Cc1ccccc1. The number of rotatable bonds is 9. The number of amides is 1. The first-order valence-corrected chi connectivity index (χ1v) is 7.34. The molecule has 0 heterocycles. The lowest BCUT2D eigenvalue weighted by Gasteiger charge is -2.02. The average molecular weight is 259 g/mol. The van der Waals surface area contributed by atoms with Crippen LogP contribution in [0.25, 0.3) is 6.08 Å². The molecule has 0 aliphatic rings. The monoisotopic (exact) mass is 259 g/mol. The van der Waals surface area contributed by atoms with Gasteiger partial charge >= 0.3 is 0 Å². The summed E-state index contributed by atoms with van der Waals surface area (Å²) in [5, 5.41) is 2.92. The Morgan fingerprint density at radius 3 is 2.47 bits per heavy atom. The molecule has 19 heavy (non-hydrogen) atoms. The molecule has 0 aromatic heterocycles. The summed E-state index contributed by atoms with van der Waals surface area (Å²) in [5.74, 6) is -0.00240. The van der Waals surface area contributed by atoms with Crippen LogP contribution in [0.3, 0.4) is 0 Å². The van der Waals surface area contributed by atoms with Crippen LogP contribution in [0.5, 0.6) is 0 Å². The van der Waals surface area contributed by atoms with Gasteiger partial charge < -0.3 is 5.32 Å². The predicted octanol–water partition coefficient (Wildman–Crippen LogP) is 4.18. The Hall–Kier alpha value is -1.57. The van der Waals surface area contributed by atoms with Crippen molar-refractivity contribution in [3.8, 4) is 0 Å². The second-order valence-corrected chi connectivity index (χ2v) is 4.80. The van der Waals surface area contributed by atoms with Gasteiger partial charge in [0.1, 0.15) is 0 Å². The Morgan fingerprint density at radius 2 is 1.74 bits per heavy atom. The predicted molar refractivity (Wildman–Crippen MR) is 81.9 cm³/mol. The topological polar surface area (TPSA) is 29.1 Å². The van der Waals surface area contributed by atoms with Crippen LogP contribution >= 0.6 is 0 Å². The maximum atomic E-state index is 11.6. The molecule has 2 heteroatoms. The Bertz CT molecular complexity index is 370. The highest BCUT2D eigenvalue weighted by molar-refractivity contribution is 5.91. The van der Waals surface area contributed by atoms with E-state index in [0.29, 0.717) is 0 Å². The van der Waals surface area contributed by atoms with E-state index in [-0.39, 0.29) is 5.91 Å². The van der Waals surface area contributed by atoms with Gasteiger partial charge in [-0.1, -0.05) is 69.4 Å². The van der Waals surface area contributed by atoms with E-state index in [1.807, 2.05) is 36.4 Å². The molecule has 1 aromatic rings. The molecule has 0 saturated heterocycles. The van der Waals surface area contributed by atoms with Gasteiger partial charge in [-0.3, -0.25) is 4.79 Å². The third kappa shape index (κ3) is 8.20. The molecule has 0 aliphatic carbocycles. The van der Waals surface area contributed by atoms with Gasteiger partial charge in [0.15, 0.2) is 0 Å². The fourth-order valence-corrected chi connectivity index (χ4v) is 1.91. The number of carbonyl (C=O) groups is 1. The summed E-state index contributed by atoms with van der Waals surface area (Å²) in [6.07, 6.45) is 10.9. The number of hydrogen-bond acceptors (Lipinski definition) is 1. The fourth-order valence-electron chi connectivity index (χ4n) is 1.91. The third-order valence-electron chi connectivity index (χ3n) is 3.06. The van der Waals surface area contributed by atoms with Crippen molar-refractivity contribution in [2.45, 2.75) is 45.4 Å². The normalized spacial score (nSPS) is 10.8. The lowest BCUT2D eigenvalue weighted by atomic mass is 10.1. The number of hydrogen-bond donors (Lipinski definition) is 1. The van der Waals surface area contributed by atoms with E-state index in [2.05, 4.69) is 12.2 Å². The summed E-state index contributed by atoms with van der Waals surface area (Å²) in [5.41, 5.74) is 1.05. The Labute approximate surface area is 116 Å². The zero-order valence-corrected chi connectivity index (χ0v) is 11.9. The zero-order chi connectivity index (χ0) is 13.8. The van der Waals surface area contributed by atoms with Crippen LogP contribution in [-0.4, -0.2) is 12.5 Å². The summed E-state index contributed by atoms with van der Waals surface area (Å²) in [6.45, 7) is 3.00. The number of nitrogens with one attached hydrogen (secondary N) is 1. The van der Waals surface area contributed by atoms with E-state index in [1.54, 1.807) is 6.08 Å². The number of benzene rings is 1. The molecule has 0 radical (unpaired) electrons. The number of carbonyl (C=O) groups excluding carboxylic acids is 1. The van der Waals surface area contributed by atoms with Gasteiger partial charge in [-0.25, -0.2) is 0 Å². The molecule has 1 N–H and O–H groups in total. The molecule has 1 amide bonds. The molecular formula is C17H25NO. The van der Waals surface area contributed by atoms with Gasteiger partial charge in [-0.15, -0.1) is 0 Å². The van der Waals surface area contributed by atoms with Crippen LogP contribution in [0.1, 0.15) is 51.0 Å². The number of unbranched alkanes of at least 4 members (excludes halogenated alkanes) is 5. The molecule has 0 spiro atoms. The van der Waals surface area contributed by atoms with Crippen LogP contribution in [0, 0.1) is 0 Å². The maximum absolute atomic E-state index is 11.6. The fraction of sp³-hybridized carbons (Fsp3) is 0.471. The van der Waals surface area contributed by atoms with Gasteiger partial charge in [-0.2, -0.15) is 0 Å². The molecule has 0 fully saturated rings. The molecule has 1 rings (SSSR count). The van der Waals surface area contributed by atoms with Crippen molar-refractivity contribution in [1.29, 1.82) is 0 Å². The minimum absolute atomic E-state index is 0.00240. The molecule has 0 unspecified atom stereocenters. The van der Waals surface area contributed by atoms with Gasteiger partial charge in [-0.05, 0) is 18.1 Å². The highest BCUT2D eigenvalue weighted by atomic mass is 16.1. The molecule has 104 valence electrons. The highest BCUT2D eigenvalue weighted by Gasteiger charge is 1.95. The van der Waals surface area contributed by atoms with E-state index < -0.39 is 0 Å². The quantitative estimate of drug-likeness (QED) is 0.523. The Balaban J connectivity index is 2.07. The molecule has 0 bridgehead atoms. The van der Waals surface area contributed by atoms with Crippen molar-refractivity contribution in [3.05, 3.63) is 42.0 Å². The summed E-state index contributed by atoms with van der Waals surface area (Å²) in [7, 11) is 0. The van der Waals surface area contributed by atoms with Crippen LogP contribution < -0.4 is 5.32 Å². The third-order valence-corrected chi connectivity index (χ3v) is 3.06. The van der Waals surface area contributed by atoms with Gasteiger partial charge in [0.25, 0.3) is 0 Å². The molecule has 1 aromatic carbocycles. The van der Waals surface area contributed by atoms with E-state index in [0.717, 1.165) is 18.5 Å². The Kier molecular flexibility index (Phi) is 8.45. The lowest BCUT2D eigenvalue weighted by Crippen LogP contribution is -2.21. The maximum Gasteiger partial charge on any atom is 0.243 e. The standard InChI is InChI=1S/C17H25NO/c1-2-3-4-5-6-10-15-18-17(19)14-13-16-11-8-7-9-12-16/h7-9,11-14H,2-6,10,15H2,1H3,(H,18,19). The van der Waals surface area contributed by atoms with E-state index >= 15 is 0 Å². The summed E-state index contributed by atoms with van der Waals surface area (Å²) in [6, 6.07) is 9.87. The lowest BCUT2D eigenvalue weighted by molar-refractivity contribution is -0.116. The van der Waals surface area contributed by atoms with Crippen LogP contribution in [0.4, 0.5) is 0 Å². The first kappa shape index (κ1) is 15.5. The average Bonchev–Trinajstić information content (AvgIpc) is 2.45. The summed E-state index contributed by atoms with van der Waals surface area (Å²) < 4.78 is 0. The first-order chi connectivity index (χ1) is 9.33.